The van der Waals surface area contributed by atoms with Gasteiger partial charge < -0.3 is 4.90 Å². The summed E-state index contributed by atoms with van der Waals surface area (Å²) in [6.07, 6.45) is 0. The van der Waals surface area contributed by atoms with Gasteiger partial charge in [-0.25, -0.2) is 8.42 Å². The Bertz CT molecular complexity index is 573. The summed E-state index contributed by atoms with van der Waals surface area (Å²) in [4.78, 5) is 2.43. The second-order valence-electron chi connectivity index (χ2n) is 4.41. The SMILES string of the molecule is N#Cc1cccc(S(=O)(=O)CCN2CCSCC2)c1. The predicted molar refractivity (Wildman–Crippen MR) is 77.0 cm³/mol. The van der Waals surface area contributed by atoms with E-state index in [2.05, 4.69) is 4.90 Å². The topological polar surface area (TPSA) is 61.2 Å². The van der Waals surface area contributed by atoms with E-state index in [1.165, 1.54) is 6.07 Å². The smallest absolute Gasteiger partial charge is 0.179 e. The molecule has 102 valence electrons. The Morgan fingerprint density at radius 2 is 2.05 bits per heavy atom. The third kappa shape index (κ3) is 3.96. The molecule has 0 spiro atoms. The van der Waals surface area contributed by atoms with Gasteiger partial charge in [0.1, 0.15) is 0 Å². The molecule has 0 unspecified atom stereocenters. The zero-order valence-electron chi connectivity index (χ0n) is 10.6. The Labute approximate surface area is 118 Å². The van der Waals surface area contributed by atoms with E-state index in [1.54, 1.807) is 18.2 Å². The van der Waals surface area contributed by atoms with E-state index in [1.807, 2.05) is 17.8 Å². The van der Waals surface area contributed by atoms with Crippen LogP contribution in [0.5, 0.6) is 0 Å². The van der Waals surface area contributed by atoms with Gasteiger partial charge >= 0.3 is 0 Å². The molecular formula is C13H16N2O2S2. The van der Waals surface area contributed by atoms with Gasteiger partial charge in [-0.05, 0) is 18.2 Å². The van der Waals surface area contributed by atoms with Crippen molar-refractivity contribution in [3.8, 4) is 6.07 Å². The van der Waals surface area contributed by atoms with Gasteiger partial charge in [0.2, 0.25) is 0 Å². The third-order valence-electron chi connectivity index (χ3n) is 3.10. The maximum absolute atomic E-state index is 12.2. The quantitative estimate of drug-likeness (QED) is 0.840. The molecule has 0 atom stereocenters. The van der Waals surface area contributed by atoms with E-state index in [9.17, 15) is 8.42 Å². The standard InChI is InChI=1S/C13H16N2O2S2/c14-11-12-2-1-3-13(10-12)19(16,17)9-6-15-4-7-18-8-5-15/h1-3,10H,4-9H2. The number of hydrogen-bond acceptors (Lipinski definition) is 5. The van der Waals surface area contributed by atoms with Crippen molar-refractivity contribution in [2.75, 3.05) is 36.9 Å². The zero-order chi connectivity index (χ0) is 13.7. The summed E-state index contributed by atoms with van der Waals surface area (Å²) in [6, 6.07) is 8.20. The molecule has 1 aliphatic heterocycles. The molecule has 1 aromatic rings. The lowest BCUT2D eigenvalue weighted by molar-refractivity contribution is 0.320. The summed E-state index contributed by atoms with van der Waals surface area (Å²) in [6.45, 7) is 2.48. The van der Waals surface area contributed by atoms with Crippen molar-refractivity contribution in [2.24, 2.45) is 0 Å². The first-order valence-electron chi connectivity index (χ1n) is 6.15. The summed E-state index contributed by atoms with van der Waals surface area (Å²) in [5.41, 5.74) is 0.385. The van der Waals surface area contributed by atoms with Crippen LogP contribution in [0.4, 0.5) is 0 Å². The van der Waals surface area contributed by atoms with Crippen LogP contribution in [0, 0.1) is 11.3 Å². The summed E-state index contributed by atoms with van der Waals surface area (Å²) >= 11 is 1.91. The van der Waals surface area contributed by atoms with E-state index in [0.29, 0.717) is 12.1 Å². The van der Waals surface area contributed by atoms with Gasteiger partial charge in [-0.1, -0.05) is 6.07 Å². The summed E-state index contributed by atoms with van der Waals surface area (Å²) in [5.74, 6) is 2.26. The number of nitrogens with zero attached hydrogens (tertiary/aromatic N) is 2. The molecule has 0 aromatic heterocycles. The molecule has 6 heteroatoms. The Morgan fingerprint density at radius 1 is 1.32 bits per heavy atom. The van der Waals surface area contributed by atoms with E-state index in [4.69, 9.17) is 5.26 Å². The number of sulfone groups is 1. The Kier molecular flexibility index (Phi) is 4.86. The first-order valence-corrected chi connectivity index (χ1v) is 8.95. The highest BCUT2D eigenvalue weighted by Crippen LogP contribution is 2.14. The fraction of sp³-hybridized carbons (Fsp3) is 0.462. The fourth-order valence-electron chi connectivity index (χ4n) is 1.95. The molecule has 0 radical (unpaired) electrons. The van der Waals surface area contributed by atoms with Crippen LogP contribution in [0.25, 0.3) is 0 Å². The van der Waals surface area contributed by atoms with Gasteiger partial charge in [0.15, 0.2) is 9.84 Å². The zero-order valence-corrected chi connectivity index (χ0v) is 12.2. The van der Waals surface area contributed by atoms with Crippen LogP contribution in [0.2, 0.25) is 0 Å². The van der Waals surface area contributed by atoms with Crippen LogP contribution < -0.4 is 0 Å². The third-order valence-corrected chi connectivity index (χ3v) is 5.74. The van der Waals surface area contributed by atoms with Crippen molar-refractivity contribution in [1.29, 1.82) is 5.26 Å². The molecule has 19 heavy (non-hydrogen) atoms. The number of hydrogen-bond donors (Lipinski definition) is 0. The minimum atomic E-state index is -3.29. The van der Waals surface area contributed by atoms with E-state index in [0.717, 1.165) is 24.6 Å². The Balaban J connectivity index is 2.03. The van der Waals surface area contributed by atoms with Crippen LogP contribution in [0.15, 0.2) is 29.2 Å². The molecule has 1 heterocycles. The van der Waals surface area contributed by atoms with Crippen molar-refractivity contribution in [2.45, 2.75) is 4.90 Å². The molecule has 1 aromatic carbocycles. The van der Waals surface area contributed by atoms with E-state index >= 15 is 0 Å². The first-order chi connectivity index (χ1) is 9.12. The largest absolute Gasteiger partial charge is 0.301 e. The minimum Gasteiger partial charge on any atom is -0.301 e. The maximum atomic E-state index is 12.2. The molecule has 0 bridgehead atoms. The number of nitriles is 1. The second-order valence-corrected chi connectivity index (χ2v) is 7.75. The molecule has 4 nitrogen and oxygen atoms in total. The summed E-state index contributed by atoms with van der Waals surface area (Å²) in [5, 5.41) is 8.81. The second kappa shape index (κ2) is 6.42. The van der Waals surface area contributed by atoms with Gasteiger partial charge in [-0.3, -0.25) is 0 Å². The van der Waals surface area contributed by atoms with Crippen LogP contribution in [0.3, 0.4) is 0 Å². The van der Waals surface area contributed by atoms with Crippen LogP contribution in [-0.4, -0.2) is 50.2 Å². The molecule has 1 saturated heterocycles. The summed E-state index contributed by atoms with van der Waals surface area (Å²) < 4.78 is 24.4. The average molecular weight is 296 g/mol. The van der Waals surface area contributed by atoms with Crippen LogP contribution in [-0.2, 0) is 9.84 Å². The van der Waals surface area contributed by atoms with Gasteiger partial charge in [0.05, 0.1) is 22.3 Å². The van der Waals surface area contributed by atoms with Crippen molar-refractivity contribution in [3.63, 3.8) is 0 Å². The monoisotopic (exact) mass is 296 g/mol. The molecule has 0 N–H and O–H groups in total. The minimum absolute atomic E-state index is 0.118. The van der Waals surface area contributed by atoms with E-state index in [-0.39, 0.29) is 10.6 Å². The number of rotatable bonds is 4. The molecule has 1 aliphatic rings. The van der Waals surface area contributed by atoms with Crippen LogP contribution >= 0.6 is 11.8 Å². The highest BCUT2D eigenvalue weighted by atomic mass is 32.2. The highest BCUT2D eigenvalue weighted by Gasteiger charge is 2.18. The number of benzene rings is 1. The molecule has 0 amide bonds. The number of thioether (sulfide) groups is 1. The van der Waals surface area contributed by atoms with Crippen molar-refractivity contribution < 1.29 is 8.42 Å². The first kappa shape index (κ1) is 14.4. The Hall–Kier alpha value is -1.03. The van der Waals surface area contributed by atoms with Crippen molar-refractivity contribution in [3.05, 3.63) is 29.8 Å². The molecule has 0 aliphatic carbocycles. The summed E-state index contributed by atoms with van der Waals surface area (Å²) in [7, 11) is -3.29. The molecule has 0 saturated carbocycles. The lowest BCUT2D eigenvalue weighted by atomic mass is 10.2. The Morgan fingerprint density at radius 3 is 2.74 bits per heavy atom. The lowest BCUT2D eigenvalue weighted by Crippen LogP contribution is -2.36. The van der Waals surface area contributed by atoms with Crippen molar-refractivity contribution >= 4 is 21.6 Å². The molecule has 1 fully saturated rings. The van der Waals surface area contributed by atoms with Gasteiger partial charge in [0.25, 0.3) is 0 Å². The average Bonchev–Trinajstić information content (AvgIpc) is 2.46. The molecular weight excluding hydrogens is 280 g/mol. The van der Waals surface area contributed by atoms with Gasteiger partial charge in [-0.15, -0.1) is 0 Å². The van der Waals surface area contributed by atoms with Gasteiger partial charge in [-0.2, -0.15) is 17.0 Å². The lowest BCUT2D eigenvalue weighted by Gasteiger charge is -2.25. The fourth-order valence-corrected chi connectivity index (χ4v) is 4.26. The van der Waals surface area contributed by atoms with Crippen molar-refractivity contribution in [1.82, 2.24) is 4.90 Å². The van der Waals surface area contributed by atoms with Crippen LogP contribution in [0.1, 0.15) is 5.56 Å². The maximum Gasteiger partial charge on any atom is 0.179 e. The highest BCUT2D eigenvalue weighted by molar-refractivity contribution is 7.99. The normalized spacial score (nSPS) is 17.0. The predicted octanol–water partition coefficient (Wildman–Crippen LogP) is 1.38. The molecule has 2 rings (SSSR count). The van der Waals surface area contributed by atoms with E-state index < -0.39 is 9.84 Å². The van der Waals surface area contributed by atoms with Gasteiger partial charge in [0, 0.05) is 31.1 Å².